The van der Waals surface area contributed by atoms with Crippen LogP contribution in [0.1, 0.15) is 30.6 Å². The van der Waals surface area contributed by atoms with Crippen LogP contribution < -0.4 is 5.32 Å². The number of hydrogen-bond acceptors (Lipinski definition) is 4. The van der Waals surface area contributed by atoms with Crippen LogP contribution in [0.4, 0.5) is 8.78 Å². The number of nitrogens with one attached hydrogen (secondary N) is 1. The number of amides is 1. The lowest BCUT2D eigenvalue weighted by Gasteiger charge is -2.20. The molecular weight excluding hydrogens is 312 g/mol. The molecule has 1 aromatic rings. The van der Waals surface area contributed by atoms with Gasteiger partial charge in [-0.1, -0.05) is 6.92 Å². The number of aliphatic carboxylic acids is 1. The molecule has 0 aliphatic carbocycles. The Kier molecular flexibility index (Phi) is 6.62. The second-order valence-corrected chi connectivity index (χ2v) is 4.90. The number of carbonyl (C=O) groups excluding carboxylic acids is 2. The number of carbonyl (C=O) groups is 3. The molecule has 2 atom stereocenters. The zero-order chi connectivity index (χ0) is 17.6. The molecule has 0 aliphatic rings. The highest BCUT2D eigenvalue weighted by molar-refractivity contribution is 5.96. The van der Waals surface area contributed by atoms with Gasteiger partial charge in [0.2, 0.25) is 0 Å². The number of carboxylic acid groups (broad SMARTS) is 1. The SMILES string of the molecule is CCOC(=O)C[C@@H](C)[C@H](NC(=O)c1ccc(F)c(F)c1)C(=O)O. The lowest BCUT2D eigenvalue weighted by atomic mass is 9.98. The van der Waals surface area contributed by atoms with Crippen LogP contribution in [0.2, 0.25) is 0 Å². The van der Waals surface area contributed by atoms with Gasteiger partial charge >= 0.3 is 11.9 Å². The molecule has 6 nitrogen and oxygen atoms in total. The van der Waals surface area contributed by atoms with Gasteiger partial charge in [-0.05, 0) is 31.0 Å². The Morgan fingerprint density at radius 2 is 1.91 bits per heavy atom. The summed E-state index contributed by atoms with van der Waals surface area (Å²) in [5.74, 6) is -5.91. The molecule has 0 heterocycles. The summed E-state index contributed by atoms with van der Waals surface area (Å²) in [6.07, 6.45) is -0.205. The molecule has 0 radical (unpaired) electrons. The van der Waals surface area contributed by atoms with E-state index < -0.39 is 41.4 Å². The maximum absolute atomic E-state index is 13.1. The summed E-state index contributed by atoms with van der Waals surface area (Å²) in [6, 6.07) is 1.09. The van der Waals surface area contributed by atoms with Crippen molar-refractivity contribution in [1.29, 1.82) is 0 Å². The standard InChI is InChI=1S/C15H17F2NO5/c1-3-23-12(19)6-8(2)13(15(21)22)18-14(20)9-4-5-10(16)11(17)7-9/h4-5,7-8,13H,3,6H2,1-2H3,(H,18,20)(H,21,22)/t8-,13+/m1/s1. The second-order valence-electron chi connectivity index (χ2n) is 4.90. The van der Waals surface area contributed by atoms with Crippen molar-refractivity contribution >= 4 is 17.8 Å². The zero-order valence-electron chi connectivity index (χ0n) is 12.6. The minimum Gasteiger partial charge on any atom is -0.480 e. The fourth-order valence-electron chi connectivity index (χ4n) is 1.91. The van der Waals surface area contributed by atoms with Gasteiger partial charge in [0.05, 0.1) is 13.0 Å². The van der Waals surface area contributed by atoms with Gasteiger partial charge in [-0.25, -0.2) is 13.6 Å². The number of ether oxygens (including phenoxy) is 1. The monoisotopic (exact) mass is 329 g/mol. The molecule has 1 amide bonds. The number of benzene rings is 1. The molecule has 0 bridgehead atoms. The van der Waals surface area contributed by atoms with Crippen molar-refractivity contribution in [3.8, 4) is 0 Å². The van der Waals surface area contributed by atoms with Crippen LogP contribution in [0.15, 0.2) is 18.2 Å². The summed E-state index contributed by atoms with van der Waals surface area (Å²) in [5.41, 5.74) is -0.224. The topological polar surface area (TPSA) is 92.7 Å². The second kappa shape index (κ2) is 8.21. The highest BCUT2D eigenvalue weighted by atomic mass is 19.2. The predicted octanol–water partition coefficient (Wildman–Crippen LogP) is 1.74. The third-order valence-electron chi connectivity index (χ3n) is 3.10. The summed E-state index contributed by atoms with van der Waals surface area (Å²) in [5, 5.41) is 11.4. The maximum Gasteiger partial charge on any atom is 0.326 e. The van der Waals surface area contributed by atoms with Gasteiger partial charge in [-0.2, -0.15) is 0 Å². The average Bonchev–Trinajstić information content (AvgIpc) is 2.46. The normalized spacial score (nSPS) is 13.0. The molecule has 1 aromatic carbocycles. The molecule has 2 N–H and O–H groups in total. The van der Waals surface area contributed by atoms with Crippen LogP contribution >= 0.6 is 0 Å². The van der Waals surface area contributed by atoms with E-state index in [1.54, 1.807) is 6.92 Å². The molecular formula is C15H17F2NO5. The minimum atomic E-state index is -1.37. The van der Waals surface area contributed by atoms with E-state index in [2.05, 4.69) is 5.32 Å². The molecule has 0 saturated heterocycles. The van der Waals surface area contributed by atoms with E-state index in [9.17, 15) is 28.3 Å². The van der Waals surface area contributed by atoms with Crippen molar-refractivity contribution in [2.75, 3.05) is 6.61 Å². The van der Waals surface area contributed by atoms with E-state index in [4.69, 9.17) is 4.74 Å². The third-order valence-corrected chi connectivity index (χ3v) is 3.10. The summed E-state index contributed by atoms with van der Waals surface area (Å²) in [6.45, 7) is 3.23. The van der Waals surface area contributed by atoms with E-state index in [1.807, 2.05) is 0 Å². The number of esters is 1. The number of hydrogen-bond donors (Lipinski definition) is 2. The summed E-state index contributed by atoms with van der Waals surface area (Å²) < 4.78 is 30.7. The molecule has 126 valence electrons. The molecule has 0 spiro atoms. The van der Waals surface area contributed by atoms with Crippen LogP contribution in [0, 0.1) is 17.6 Å². The minimum absolute atomic E-state index is 0.157. The highest BCUT2D eigenvalue weighted by Crippen LogP contribution is 2.13. The molecule has 0 unspecified atom stereocenters. The fourth-order valence-corrected chi connectivity index (χ4v) is 1.91. The van der Waals surface area contributed by atoms with Crippen molar-refractivity contribution in [1.82, 2.24) is 5.32 Å². The first-order chi connectivity index (χ1) is 10.8. The Morgan fingerprint density at radius 1 is 1.26 bits per heavy atom. The van der Waals surface area contributed by atoms with E-state index in [0.29, 0.717) is 6.07 Å². The Morgan fingerprint density at radius 3 is 2.43 bits per heavy atom. The Balaban J connectivity index is 2.82. The summed E-state index contributed by atoms with van der Waals surface area (Å²) in [4.78, 5) is 34.6. The third kappa shape index (κ3) is 5.32. The number of carboxylic acids is 1. The van der Waals surface area contributed by atoms with Gasteiger partial charge in [0.15, 0.2) is 11.6 Å². The quantitative estimate of drug-likeness (QED) is 0.743. The summed E-state index contributed by atoms with van der Waals surface area (Å²) >= 11 is 0. The molecule has 0 fully saturated rings. The predicted molar refractivity (Wildman–Crippen MR) is 75.7 cm³/mol. The van der Waals surface area contributed by atoms with Crippen molar-refractivity contribution in [2.45, 2.75) is 26.3 Å². The van der Waals surface area contributed by atoms with E-state index in [1.165, 1.54) is 6.92 Å². The highest BCUT2D eigenvalue weighted by Gasteiger charge is 2.29. The molecule has 0 saturated carbocycles. The molecule has 0 aromatic heterocycles. The molecule has 0 aliphatic heterocycles. The zero-order valence-corrected chi connectivity index (χ0v) is 12.6. The van der Waals surface area contributed by atoms with Crippen LogP contribution in [-0.2, 0) is 14.3 Å². The summed E-state index contributed by atoms with van der Waals surface area (Å²) in [7, 11) is 0. The largest absolute Gasteiger partial charge is 0.480 e. The molecule has 8 heteroatoms. The van der Waals surface area contributed by atoms with E-state index >= 15 is 0 Å². The Bertz CT molecular complexity index is 606. The van der Waals surface area contributed by atoms with Gasteiger partial charge < -0.3 is 15.2 Å². The first kappa shape index (κ1) is 18.5. The molecule has 1 rings (SSSR count). The van der Waals surface area contributed by atoms with Crippen molar-refractivity contribution in [3.05, 3.63) is 35.4 Å². The molecule has 23 heavy (non-hydrogen) atoms. The first-order valence-corrected chi connectivity index (χ1v) is 6.90. The Hall–Kier alpha value is -2.51. The van der Waals surface area contributed by atoms with Crippen molar-refractivity contribution < 1.29 is 33.0 Å². The van der Waals surface area contributed by atoms with Crippen molar-refractivity contribution in [3.63, 3.8) is 0 Å². The van der Waals surface area contributed by atoms with Crippen LogP contribution in [0.3, 0.4) is 0 Å². The van der Waals surface area contributed by atoms with Gasteiger partial charge in [0, 0.05) is 5.56 Å². The van der Waals surface area contributed by atoms with Gasteiger partial charge in [-0.15, -0.1) is 0 Å². The van der Waals surface area contributed by atoms with Gasteiger partial charge in [0.1, 0.15) is 6.04 Å². The average molecular weight is 329 g/mol. The first-order valence-electron chi connectivity index (χ1n) is 6.90. The lowest BCUT2D eigenvalue weighted by molar-refractivity contribution is -0.145. The van der Waals surface area contributed by atoms with Crippen LogP contribution in [-0.4, -0.2) is 35.6 Å². The van der Waals surface area contributed by atoms with Gasteiger partial charge in [0.25, 0.3) is 5.91 Å². The van der Waals surface area contributed by atoms with Crippen LogP contribution in [0.25, 0.3) is 0 Å². The van der Waals surface area contributed by atoms with E-state index in [-0.39, 0.29) is 18.6 Å². The van der Waals surface area contributed by atoms with E-state index in [0.717, 1.165) is 12.1 Å². The van der Waals surface area contributed by atoms with Gasteiger partial charge in [-0.3, -0.25) is 9.59 Å². The smallest absolute Gasteiger partial charge is 0.326 e. The van der Waals surface area contributed by atoms with Crippen LogP contribution in [0.5, 0.6) is 0 Å². The maximum atomic E-state index is 13.1. The van der Waals surface area contributed by atoms with Crippen molar-refractivity contribution in [2.24, 2.45) is 5.92 Å². The lowest BCUT2D eigenvalue weighted by Crippen LogP contribution is -2.45. The fraction of sp³-hybridized carbons (Fsp3) is 0.400. The number of halogens is 2. The number of rotatable bonds is 7. The Labute approximate surface area is 131 Å².